The molecule has 0 atom stereocenters. The van der Waals surface area contributed by atoms with Gasteiger partial charge in [-0.25, -0.2) is 0 Å². The third-order valence-corrected chi connectivity index (χ3v) is 4.08. The summed E-state index contributed by atoms with van der Waals surface area (Å²) in [5.74, 6) is 0.925. The summed E-state index contributed by atoms with van der Waals surface area (Å²) >= 11 is 12.8. The van der Waals surface area contributed by atoms with Gasteiger partial charge < -0.3 is 5.32 Å². The van der Waals surface area contributed by atoms with E-state index in [2.05, 4.69) is 16.2 Å². The second-order valence-corrected chi connectivity index (χ2v) is 6.19. The van der Waals surface area contributed by atoms with Gasteiger partial charge in [0.15, 0.2) is 5.11 Å². The predicted molar refractivity (Wildman–Crippen MR) is 96.0 cm³/mol. The topological polar surface area (TPSA) is 36.1 Å². The van der Waals surface area contributed by atoms with Crippen LogP contribution in [-0.4, -0.2) is 17.4 Å². The Labute approximate surface area is 139 Å². The standard InChI is InChI=1S/C15H16ClN3S2/c16-12-6-8-14(9-7-12)21-11-10-17-15(20)19-18-13-4-2-1-3-5-13/h1-9,18H,10-11H2,(H2,17,19,20). The average molecular weight is 338 g/mol. The van der Waals surface area contributed by atoms with Crippen LogP contribution in [0.5, 0.6) is 0 Å². The van der Waals surface area contributed by atoms with Crippen molar-refractivity contribution >= 4 is 46.4 Å². The highest BCUT2D eigenvalue weighted by molar-refractivity contribution is 7.99. The van der Waals surface area contributed by atoms with Crippen molar-refractivity contribution in [3.8, 4) is 0 Å². The molecule has 3 nitrogen and oxygen atoms in total. The highest BCUT2D eigenvalue weighted by Gasteiger charge is 1.97. The van der Waals surface area contributed by atoms with E-state index in [1.165, 1.54) is 4.90 Å². The van der Waals surface area contributed by atoms with E-state index in [0.717, 1.165) is 23.0 Å². The zero-order chi connectivity index (χ0) is 14.9. The molecule has 0 fully saturated rings. The fourth-order valence-corrected chi connectivity index (χ4v) is 2.61. The summed E-state index contributed by atoms with van der Waals surface area (Å²) in [7, 11) is 0. The Balaban J connectivity index is 1.60. The van der Waals surface area contributed by atoms with Crippen molar-refractivity contribution in [1.29, 1.82) is 0 Å². The summed E-state index contributed by atoms with van der Waals surface area (Å²) in [5.41, 5.74) is 6.95. The van der Waals surface area contributed by atoms with Crippen LogP contribution in [0.25, 0.3) is 0 Å². The monoisotopic (exact) mass is 337 g/mol. The lowest BCUT2D eigenvalue weighted by molar-refractivity contribution is 0.935. The van der Waals surface area contributed by atoms with Crippen molar-refractivity contribution in [3.05, 3.63) is 59.6 Å². The molecule has 0 aromatic heterocycles. The molecule has 0 unspecified atom stereocenters. The van der Waals surface area contributed by atoms with E-state index >= 15 is 0 Å². The quantitative estimate of drug-likeness (QED) is 0.322. The van der Waals surface area contributed by atoms with Crippen LogP contribution in [0.15, 0.2) is 59.5 Å². The maximum atomic E-state index is 5.85. The first kappa shape index (κ1) is 15.9. The van der Waals surface area contributed by atoms with Crippen molar-refractivity contribution in [1.82, 2.24) is 10.7 Å². The molecule has 3 N–H and O–H groups in total. The zero-order valence-corrected chi connectivity index (χ0v) is 13.7. The number of rotatable bonds is 6. The SMILES string of the molecule is S=C(NCCSc1ccc(Cl)cc1)NNc1ccccc1. The van der Waals surface area contributed by atoms with Crippen molar-refractivity contribution in [3.63, 3.8) is 0 Å². The normalized spacial score (nSPS) is 9.95. The van der Waals surface area contributed by atoms with Gasteiger partial charge in [0.05, 0.1) is 5.69 Å². The van der Waals surface area contributed by atoms with Gasteiger partial charge in [0.1, 0.15) is 0 Å². The Kier molecular flexibility index (Phi) is 6.66. The molecule has 0 spiro atoms. The van der Waals surface area contributed by atoms with Crippen LogP contribution < -0.4 is 16.2 Å². The minimum Gasteiger partial charge on any atom is -0.361 e. The minimum absolute atomic E-state index is 0.579. The average Bonchev–Trinajstić information content (AvgIpc) is 2.52. The molecule has 0 amide bonds. The third-order valence-electron chi connectivity index (χ3n) is 2.56. The van der Waals surface area contributed by atoms with E-state index in [1.807, 2.05) is 54.6 Å². The van der Waals surface area contributed by atoms with Crippen LogP contribution in [-0.2, 0) is 0 Å². The first-order valence-corrected chi connectivity index (χ1v) is 8.24. The summed E-state index contributed by atoms with van der Waals surface area (Å²) in [6, 6.07) is 17.6. The minimum atomic E-state index is 0.579. The van der Waals surface area contributed by atoms with Gasteiger partial charge in [0, 0.05) is 22.2 Å². The molecule has 2 aromatic rings. The zero-order valence-electron chi connectivity index (χ0n) is 11.3. The van der Waals surface area contributed by atoms with Crippen LogP contribution in [0.4, 0.5) is 5.69 Å². The molecule has 0 heterocycles. The Hall–Kier alpha value is -1.43. The summed E-state index contributed by atoms with van der Waals surface area (Å²) in [6.45, 7) is 0.787. The number of halogens is 1. The summed E-state index contributed by atoms with van der Waals surface area (Å²) in [4.78, 5) is 1.20. The molecular weight excluding hydrogens is 322 g/mol. The molecule has 0 bridgehead atoms. The van der Waals surface area contributed by atoms with Crippen molar-refractivity contribution in [2.75, 3.05) is 17.7 Å². The molecule has 0 radical (unpaired) electrons. The van der Waals surface area contributed by atoms with Crippen molar-refractivity contribution < 1.29 is 0 Å². The second kappa shape index (κ2) is 8.77. The molecule has 0 saturated heterocycles. The van der Waals surface area contributed by atoms with Gasteiger partial charge in [0.25, 0.3) is 0 Å². The lowest BCUT2D eigenvalue weighted by atomic mass is 10.3. The highest BCUT2D eigenvalue weighted by atomic mass is 35.5. The fourth-order valence-electron chi connectivity index (χ4n) is 1.56. The molecule has 0 saturated carbocycles. The number of nitrogens with one attached hydrogen (secondary N) is 3. The molecule has 6 heteroatoms. The van der Waals surface area contributed by atoms with E-state index < -0.39 is 0 Å². The van der Waals surface area contributed by atoms with Crippen LogP contribution in [0, 0.1) is 0 Å². The van der Waals surface area contributed by atoms with Gasteiger partial charge in [-0.3, -0.25) is 10.9 Å². The van der Waals surface area contributed by atoms with Gasteiger partial charge in [-0.1, -0.05) is 29.8 Å². The summed E-state index contributed by atoms with van der Waals surface area (Å²) in [6.07, 6.45) is 0. The Bertz CT molecular complexity index is 561. The van der Waals surface area contributed by atoms with Crippen LogP contribution in [0.2, 0.25) is 5.02 Å². The van der Waals surface area contributed by atoms with E-state index in [0.29, 0.717) is 5.11 Å². The molecule has 110 valence electrons. The van der Waals surface area contributed by atoms with Crippen molar-refractivity contribution in [2.45, 2.75) is 4.90 Å². The first-order valence-electron chi connectivity index (χ1n) is 6.47. The fraction of sp³-hybridized carbons (Fsp3) is 0.133. The van der Waals surface area contributed by atoms with Gasteiger partial charge in [-0.2, -0.15) is 0 Å². The molecule has 0 aliphatic carbocycles. The van der Waals surface area contributed by atoms with Gasteiger partial charge in [-0.05, 0) is 48.6 Å². The Morgan fingerprint density at radius 3 is 2.48 bits per heavy atom. The van der Waals surface area contributed by atoms with Crippen LogP contribution in [0.3, 0.4) is 0 Å². The number of hydrogen-bond donors (Lipinski definition) is 3. The number of para-hydroxylation sites is 1. The number of benzene rings is 2. The second-order valence-electron chi connectivity index (χ2n) is 4.17. The number of anilines is 1. The molecule has 2 aromatic carbocycles. The summed E-state index contributed by atoms with van der Waals surface area (Å²) < 4.78 is 0. The Morgan fingerprint density at radius 2 is 1.76 bits per heavy atom. The van der Waals surface area contributed by atoms with Gasteiger partial charge >= 0.3 is 0 Å². The lowest BCUT2D eigenvalue weighted by Crippen LogP contribution is -2.39. The summed E-state index contributed by atoms with van der Waals surface area (Å²) in [5, 5.41) is 4.48. The largest absolute Gasteiger partial charge is 0.361 e. The molecule has 0 aliphatic rings. The number of hydrazine groups is 1. The van der Waals surface area contributed by atoms with E-state index in [9.17, 15) is 0 Å². The molecule has 2 rings (SSSR count). The van der Waals surface area contributed by atoms with E-state index in [4.69, 9.17) is 23.8 Å². The van der Waals surface area contributed by atoms with E-state index in [-0.39, 0.29) is 0 Å². The third kappa shape index (κ3) is 6.25. The van der Waals surface area contributed by atoms with Gasteiger partial charge in [0.2, 0.25) is 0 Å². The first-order chi connectivity index (χ1) is 10.2. The van der Waals surface area contributed by atoms with E-state index in [1.54, 1.807) is 11.8 Å². The maximum absolute atomic E-state index is 5.85. The smallest absolute Gasteiger partial charge is 0.185 e. The van der Waals surface area contributed by atoms with Gasteiger partial charge in [-0.15, -0.1) is 11.8 Å². The Morgan fingerprint density at radius 1 is 1.05 bits per heavy atom. The predicted octanol–water partition coefficient (Wildman–Crippen LogP) is 3.92. The highest BCUT2D eigenvalue weighted by Crippen LogP contribution is 2.19. The molecule has 21 heavy (non-hydrogen) atoms. The molecular formula is C15H16ClN3S2. The number of thiocarbonyl (C=S) groups is 1. The molecule has 0 aliphatic heterocycles. The number of hydrogen-bond acceptors (Lipinski definition) is 3. The number of thioether (sulfide) groups is 1. The van der Waals surface area contributed by atoms with Crippen LogP contribution in [0.1, 0.15) is 0 Å². The van der Waals surface area contributed by atoms with Crippen molar-refractivity contribution in [2.24, 2.45) is 0 Å². The lowest BCUT2D eigenvalue weighted by Gasteiger charge is -2.12. The maximum Gasteiger partial charge on any atom is 0.185 e. The van der Waals surface area contributed by atoms with Crippen LogP contribution >= 0.6 is 35.6 Å².